The summed E-state index contributed by atoms with van der Waals surface area (Å²) in [6, 6.07) is 4.21. The molecule has 1 fully saturated rings. The lowest BCUT2D eigenvalue weighted by Crippen LogP contribution is -2.32. The Kier molecular flexibility index (Phi) is 5.25. The van der Waals surface area contributed by atoms with E-state index in [1.807, 2.05) is 0 Å². The van der Waals surface area contributed by atoms with Crippen LogP contribution in [0.25, 0.3) is 27.9 Å². The molecule has 14 heteroatoms. The molecule has 2 atom stereocenters. The maximum absolute atomic E-state index is 14.4. The number of likely N-dealkylation sites (tertiary alicyclic amines) is 1. The molecule has 0 saturated carbocycles. The van der Waals surface area contributed by atoms with E-state index in [-0.39, 0.29) is 42.2 Å². The fourth-order valence-corrected chi connectivity index (χ4v) is 4.28. The second-order valence-corrected chi connectivity index (χ2v) is 8.43. The van der Waals surface area contributed by atoms with Crippen LogP contribution in [-0.4, -0.2) is 71.4 Å². The first-order valence-corrected chi connectivity index (χ1v) is 10.7. The molecule has 0 aromatic carbocycles. The number of nitrogen functional groups attached to an aromatic ring is 1. The molecule has 4 aromatic heterocycles. The van der Waals surface area contributed by atoms with Gasteiger partial charge in [0.05, 0.1) is 18.3 Å². The first-order valence-electron chi connectivity index (χ1n) is 10.7. The average Bonchev–Trinajstić information content (AvgIpc) is 3.43. The SMILES string of the molecule is CC(=O)N1C[C@H](F)[C@H](Nc2nc(N)c3c(-c4ccc5nc(C)n(CC(F)(F)F)c5n4)ccn3n2)C1. The van der Waals surface area contributed by atoms with Gasteiger partial charge in [0.15, 0.2) is 11.5 Å². The van der Waals surface area contributed by atoms with Gasteiger partial charge in [0.2, 0.25) is 11.9 Å². The largest absolute Gasteiger partial charge is 0.406 e. The highest BCUT2D eigenvalue weighted by Gasteiger charge is 2.35. The van der Waals surface area contributed by atoms with Gasteiger partial charge < -0.3 is 20.5 Å². The van der Waals surface area contributed by atoms with Crippen LogP contribution >= 0.6 is 0 Å². The molecule has 0 spiro atoms. The number of anilines is 2. The monoisotopic (exact) mass is 491 g/mol. The molecule has 3 N–H and O–H groups in total. The van der Waals surface area contributed by atoms with Gasteiger partial charge in [-0.05, 0) is 25.1 Å². The molecular formula is C21H21F4N9O. The Balaban J connectivity index is 1.49. The number of halogens is 4. The topological polar surface area (TPSA) is 119 Å². The van der Waals surface area contributed by atoms with Crippen LogP contribution in [0.2, 0.25) is 0 Å². The van der Waals surface area contributed by atoms with Crippen molar-refractivity contribution in [3.05, 3.63) is 30.2 Å². The van der Waals surface area contributed by atoms with Crippen molar-refractivity contribution >= 4 is 34.4 Å². The molecule has 184 valence electrons. The van der Waals surface area contributed by atoms with E-state index in [0.717, 1.165) is 4.57 Å². The van der Waals surface area contributed by atoms with Gasteiger partial charge in [-0.1, -0.05) is 0 Å². The Bertz CT molecular complexity index is 1440. The van der Waals surface area contributed by atoms with E-state index in [4.69, 9.17) is 5.73 Å². The van der Waals surface area contributed by atoms with Crippen LogP contribution in [0.1, 0.15) is 12.7 Å². The summed E-state index contributed by atoms with van der Waals surface area (Å²) in [6.45, 7) is 1.81. The van der Waals surface area contributed by atoms with E-state index in [2.05, 4.69) is 25.4 Å². The summed E-state index contributed by atoms with van der Waals surface area (Å²) in [5, 5.41) is 7.22. The van der Waals surface area contributed by atoms with E-state index >= 15 is 0 Å². The van der Waals surface area contributed by atoms with Crippen LogP contribution in [-0.2, 0) is 11.3 Å². The van der Waals surface area contributed by atoms with Crippen molar-refractivity contribution in [3.8, 4) is 11.3 Å². The van der Waals surface area contributed by atoms with Crippen LogP contribution in [0.5, 0.6) is 0 Å². The predicted octanol–water partition coefficient (Wildman–Crippen LogP) is 2.57. The maximum atomic E-state index is 14.4. The Morgan fingerprint density at radius 2 is 1.97 bits per heavy atom. The number of hydrogen-bond donors (Lipinski definition) is 2. The van der Waals surface area contributed by atoms with Crippen molar-refractivity contribution in [1.29, 1.82) is 0 Å². The van der Waals surface area contributed by atoms with Crippen molar-refractivity contribution in [3.63, 3.8) is 0 Å². The number of nitrogens with one attached hydrogen (secondary N) is 1. The summed E-state index contributed by atoms with van der Waals surface area (Å²) in [6.07, 6.45) is -4.12. The Hall–Kier alpha value is -3.97. The van der Waals surface area contributed by atoms with Crippen LogP contribution < -0.4 is 11.1 Å². The number of fused-ring (bicyclic) bond motifs is 2. The van der Waals surface area contributed by atoms with Gasteiger partial charge in [-0.15, -0.1) is 5.10 Å². The van der Waals surface area contributed by atoms with Gasteiger partial charge in [-0.2, -0.15) is 18.2 Å². The summed E-state index contributed by atoms with van der Waals surface area (Å²) in [7, 11) is 0. The smallest absolute Gasteiger partial charge is 0.382 e. The van der Waals surface area contributed by atoms with Gasteiger partial charge in [-0.3, -0.25) is 4.79 Å². The Labute approximate surface area is 195 Å². The first kappa shape index (κ1) is 22.8. The number of pyridine rings is 1. The van der Waals surface area contributed by atoms with Crippen molar-refractivity contribution in [2.75, 3.05) is 24.1 Å². The lowest BCUT2D eigenvalue weighted by Gasteiger charge is -2.15. The molecule has 1 aliphatic rings. The molecule has 1 amide bonds. The quantitative estimate of drug-likeness (QED) is 0.421. The number of imidazole rings is 1. The summed E-state index contributed by atoms with van der Waals surface area (Å²) in [4.78, 5) is 25.8. The third-order valence-corrected chi connectivity index (χ3v) is 5.94. The van der Waals surface area contributed by atoms with E-state index in [0.29, 0.717) is 22.3 Å². The molecule has 4 aromatic rings. The number of carbonyl (C=O) groups is 1. The number of aromatic nitrogens is 6. The van der Waals surface area contributed by atoms with Crippen molar-refractivity contribution in [1.82, 2.24) is 34.0 Å². The lowest BCUT2D eigenvalue weighted by atomic mass is 10.2. The molecule has 5 heterocycles. The van der Waals surface area contributed by atoms with Crippen molar-refractivity contribution in [2.45, 2.75) is 38.8 Å². The maximum Gasteiger partial charge on any atom is 0.406 e. The second kappa shape index (κ2) is 8.06. The molecule has 1 aliphatic heterocycles. The number of aryl methyl sites for hydroxylation is 1. The molecule has 0 bridgehead atoms. The standard InChI is InChI=1S/C21H21F4N9O/c1-10-27-15-4-3-14(28-19(15)33(10)9-21(23,24)25)12-5-6-34-17(12)18(26)30-20(31-34)29-16-8-32(11(2)35)7-13(16)22/h3-6,13,16H,7-9H2,1-2H3,(H3,26,29,30,31)/t13-,16+/m0/s1. The number of amides is 1. The fraction of sp³-hybridized carbons (Fsp3) is 0.381. The van der Waals surface area contributed by atoms with E-state index in [9.17, 15) is 22.4 Å². The minimum atomic E-state index is -4.43. The molecule has 0 radical (unpaired) electrons. The average molecular weight is 491 g/mol. The fourth-order valence-electron chi connectivity index (χ4n) is 4.28. The van der Waals surface area contributed by atoms with Crippen LogP contribution in [0.4, 0.5) is 29.3 Å². The first-order chi connectivity index (χ1) is 16.5. The number of nitrogens with two attached hydrogens (primary N) is 1. The van der Waals surface area contributed by atoms with Gasteiger partial charge >= 0.3 is 6.18 Å². The molecular weight excluding hydrogens is 470 g/mol. The van der Waals surface area contributed by atoms with Gasteiger partial charge in [0.1, 0.15) is 29.6 Å². The minimum absolute atomic E-state index is 0.0169. The van der Waals surface area contributed by atoms with Crippen molar-refractivity contribution < 1.29 is 22.4 Å². The van der Waals surface area contributed by atoms with Crippen molar-refractivity contribution in [2.24, 2.45) is 0 Å². The van der Waals surface area contributed by atoms with Crippen LogP contribution in [0.15, 0.2) is 24.4 Å². The van der Waals surface area contributed by atoms with E-state index < -0.39 is 24.9 Å². The number of carbonyl (C=O) groups excluding carboxylic acids is 1. The number of hydrogen-bond acceptors (Lipinski definition) is 7. The van der Waals surface area contributed by atoms with E-state index in [1.165, 1.54) is 23.3 Å². The zero-order valence-corrected chi connectivity index (χ0v) is 18.7. The molecule has 5 rings (SSSR count). The summed E-state index contributed by atoms with van der Waals surface area (Å²) in [5.74, 6) is 0.126. The molecule has 10 nitrogen and oxygen atoms in total. The Morgan fingerprint density at radius 3 is 2.66 bits per heavy atom. The number of alkyl halides is 4. The highest BCUT2D eigenvalue weighted by atomic mass is 19.4. The molecule has 0 aliphatic carbocycles. The zero-order valence-electron chi connectivity index (χ0n) is 18.7. The normalized spacial score (nSPS) is 18.6. The molecule has 35 heavy (non-hydrogen) atoms. The number of nitrogens with zero attached hydrogens (tertiary/aromatic N) is 7. The highest BCUT2D eigenvalue weighted by Crippen LogP contribution is 2.30. The molecule has 0 unspecified atom stereocenters. The summed E-state index contributed by atoms with van der Waals surface area (Å²) < 4.78 is 56.0. The van der Waals surface area contributed by atoms with Gasteiger partial charge in [0, 0.05) is 25.2 Å². The van der Waals surface area contributed by atoms with Gasteiger partial charge in [-0.25, -0.2) is 18.9 Å². The predicted molar refractivity (Wildman–Crippen MR) is 119 cm³/mol. The van der Waals surface area contributed by atoms with Crippen LogP contribution in [0.3, 0.4) is 0 Å². The second-order valence-electron chi connectivity index (χ2n) is 8.43. The lowest BCUT2D eigenvalue weighted by molar-refractivity contribution is -0.140. The summed E-state index contributed by atoms with van der Waals surface area (Å²) >= 11 is 0. The third-order valence-electron chi connectivity index (χ3n) is 5.94. The zero-order chi connectivity index (χ0) is 25.1. The van der Waals surface area contributed by atoms with Crippen LogP contribution in [0, 0.1) is 6.92 Å². The third kappa shape index (κ3) is 4.19. The minimum Gasteiger partial charge on any atom is -0.382 e. The number of rotatable bonds is 4. The van der Waals surface area contributed by atoms with E-state index in [1.54, 1.807) is 24.4 Å². The highest BCUT2D eigenvalue weighted by molar-refractivity contribution is 5.88. The van der Waals surface area contributed by atoms with Gasteiger partial charge in [0.25, 0.3) is 0 Å². The Morgan fingerprint density at radius 1 is 1.20 bits per heavy atom. The molecule has 1 saturated heterocycles. The summed E-state index contributed by atoms with van der Waals surface area (Å²) in [5.41, 5.74) is 7.91.